The fourth-order valence-corrected chi connectivity index (χ4v) is 4.45. The number of oxazole rings is 1. The summed E-state index contributed by atoms with van der Waals surface area (Å²) < 4.78 is 5.95. The van der Waals surface area contributed by atoms with Crippen molar-refractivity contribution in [3.63, 3.8) is 0 Å². The molecule has 0 N–H and O–H groups in total. The maximum atomic E-state index is 5.95. The number of fused-ring (bicyclic) bond motifs is 4. The van der Waals surface area contributed by atoms with Crippen LogP contribution in [0.15, 0.2) is 114 Å². The number of hydrogen-bond donors (Lipinski definition) is 0. The van der Waals surface area contributed by atoms with Crippen molar-refractivity contribution in [3.05, 3.63) is 109 Å². The summed E-state index contributed by atoms with van der Waals surface area (Å²) in [6.45, 7) is 0. The third-order valence-electron chi connectivity index (χ3n) is 6.13. The minimum atomic E-state index is 0.475. The number of aromatic nitrogens is 4. The summed E-state index contributed by atoms with van der Waals surface area (Å²) in [6.07, 6.45) is 0. The van der Waals surface area contributed by atoms with Crippen LogP contribution in [0.3, 0.4) is 0 Å². The van der Waals surface area contributed by atoms with Crippen molar-refractivity contribution >= 4 is 32.8 Å². The third-order valence-corrected chi connectivity index (χ3v) is 6.13. The number of benzene rings is 4. The Bertz CT molecular complexity index is 1820. The molecule has 0 aliphatic carbocycles. The smallest absolute Gasteiger partial charge is 0.246 e. The van der Waals surface area contributed by atoms with Crippen molar-refractivity contribution in [2.45, 2.75) is 0 Å². The van der Waals surface area contributed by atoms with Crippen molar-refractivity contribution in [1.29, 1.82) is 0 Å². The largest absolute Gasteiger partial charge is 0.435 e. The number of nitrogens with zero attached hydrogens (tertiary/aromatic N) is 4. The van der Waals surface area contributed by atoms with Crippen LogP contribution in [0.1, 0.15) is 0 Å². The second-order valence-electron chi connectivity index (χ2n) is 8.34. The number of rotatable bonds is 3. The summed E-state index contributed by atoms with van der Waals surface area (Å²) in [6, 6.07) is 36.2. The summed E-state index contributed by atoms with van der Waals surface area (Å²) in [5.74, 6) is 1.04. The van der Waals surface area contributed by atoms with E-state index in [-0.39, 0.29) is 0 Å². The lowest BCUT2D eigenvalue weighted by molar-refractivity contribution is 0.617. The maximum absolute atomic E-state index is 5.95. The molecule has 0 aliphatic rings. The highest BCUT2D eigenvalue weighted by atomic mass is 16.3. The van der Waals surface area contributed by atoms with Gasteiger partial charge in [0.15, 0.2) is 11.4 Å². The van der Waals surface area contributed by atoms with Gasteiger partial charge < -0.3 is 4.42 Å². The predicted octanol–water partition coefficient (Wildman–Crippen LogP) is 7.32. The molecule has 0 bridgehead atoms. The van der Waals surface area contributed by atoms with Crippen molar-refractivity contribution in [2.24, 2.45) is 0 Å². The van der Waals surface area contributed by atoms with Gasteiger partial charge >= 0.3 is 0 Å². The first-order valence-electron chi connectivity index (χ1n) is 11.4. The third kappa shape index (κ3) is 3.33. The molecule has 7 rings (SSSR count). The fourth-order valence-electron chi connectivity index (χ4n) is 4.45. The van der Waals surface area contributed by atoms with E-state index in [4.69, 9.17) is 19.4 Å². The van der Waals surface area contributed by atoms with Gasteiger partial charge in [-0.2, -0.15) is 0 Å². The molecule has 0 fully saturated rings. The summed E-state index contributed by atoms with van der Waals surface area (Å²) in [7, 11) is 0. The van der Waals surface area contributed by atoms with Gasteiger partial charge in [-0.25, -0.2) is 19.9 Å². The van der Waals surface area contributed by atoms with Crippen LogP contribution in [0.2, 0.25) is 0 Å². The van der Waals surface area contributed by atoms with Crippen LogP contribution in [0.25, 0.3) is 67.1 Å². The van der Waals surface area contributed by atoms with Gasteiger partial charge in [-0.3, -0.25) is 0 Å². The van der Waals surface area contributed by atoms with Gasteiger partial charge in [-0.1, -0.05) is 78.9 Å². The lowest BCUT2D eigenvalue weighted by atomic mass is 10.0. The lowest BCUT2D eigenvalue weighted by Gasteiger charge is -2.11. The Balaban J connectivity index is 1.47. The van der Waals surface area contributed by atoms with Gasteiger partial charge in [0.2, 0.25) is 5.89 Å². The monoisotopic (exact) mass is 450 g/mol. The molecule has 0 aliphatic heterocycles. The molecule has 0 saturated carbocycles. The molecule has 5 nitrogen and oxygen atoms in total. The molecular weight excluding hydrogens is 432 g/mol. The maximum Gasteiger partial charge on any atom is 0.246 e. The predicted molar refractivity (Wildman–Crippen MR) is 139 cm³/mol. The Hall–Kier alpha value is -4.90. The van der Waals surface area contributed by atoms with E-state index in [0.717, 1.165) is 44.0 Å². The van der Waals surface area contributed by atoms with E-state index in [9.17, 15) is 0 Å². The minimum Gasteiger partial charge on any atom is -0.435 e. The average Bonchev–Trinajstić information content (AvgIpc) is 3.37. The zero-order valence-corrected chi connectivity index (χ0v) is 18.6. The van der Waals surface area contributed by atoms with E-state index in [1.165, 1.54) is 0 Å². The second kappa shape index (κ2) is 7.85. The standard InChI is InChI=1S/C30H18N4O/c1-2-10-20(11-3-1)27-22-18-17-19-9-4-5-12-21(19)28(22)34-29(33-27)24-14-8-15-25(31-24)30-32-23-13-6-7-16-26(23)35-30/h1-18H. The quantitative estimate of drug-likeness (QED) is 0.264. The van der Waals surface area contributed by atoms with Crippen molar-refractivity contribution in [3.8, 4) is 34.4 Å². The topological polar surface area (TPSA) is 64.7 Å². The average molecular weight is 451 g/mol. The zero-order chi connectivity index (χ0) is 23.2. The van der Waals surface area contributed by atoms with Crippen molar-refractivity contribution in [2.75, 3.05) is 0 Å². The van der Waals surface area contributed by atoms with E-state index in [1.807, 2.05) is 72.8 Å². The zero-order valence-electron chi connectivity index (χ0n) is 18.6. The van der Waals surface area contributed by atoms with Gasteiger partial charge in [0.05, 0.1) is 11.2 Å². The van der Waals surface area contributed by atoms with Gasteiger partial charge in [0.25, 0.3) is 0 Å². The Morgan fingerprint density at radius 1 is 0.514 bits per heavy atom. The first kappa shape index (κ1) is 19.6. The minimum absolute atomic E-state index is 0.475. The summed E-state index contributed by atoms with van der Waals surface area (Å²) in [5, 5.41) is 3.23. The number of para-hydroxylation sites is 2. The van der Waals surface area contributed by atoms with Crippen molar-refractivity contribution < 1.29 is 4.42 Å². The number of pyridine rings is 1. The molecular formula is C30H18N4O. The molecule has 0 radical (unpaired) electrons. The Kier molecular flexibility index (Phi) is 4.39. The van der Waals surface area contributed by atoms with E-state index in [1.54, 1.807) is 0 Å². The highest BCUT2D eigenvalue weighted by Crippen LogP contribution is 2.33. The SMILES string of the molecule is c1ccc(-c2nc(-c3cccc(-c4nc5ccccc5o4)n3)nc3c2ccc2ccccc23)cc1. The number of hydrogen-bond acceptors (Lipinski definition) is 5. The highest BCUT2D eigenvalue weighted by molar-refractivity contribution is 6.09. The Morgan fingerprint density at radius 2 is 1.31 bits per heavy atom. The van der Waals surface area contributed by atoms with E-state index in [2.05, 4.69) is 41.4 Å². The van der Waals surface area contributed by atoms with Crippen LogP contribution in [0.4, 0.5) is 0 Å². The fraction of sp³-hybridized carbons (Fsp3) is 0. The summed E-state index contributed by atoms with van der Waals surface area (Å²) in [4.78, 5) is 19.5. The molecule has 0 atom stereocenters. The van der Waals surface area contributed by atoms with Crippen LogP contribution in [-0.4, -0.2) is 19.9 Å². The first-order chi connectivity index (χ1) is 17.3. The summed E-state index contributed by atoms with van der Waals surface area (Å²) in [5.41, 5.74) is 5.65. The molecule has 4 aromatic carbocycles. The van der Waals surface area contributed by atoms with Gasteiger partial charge in [0.1, 0.15) is 16.9 Å². The van der Waals surface area contributed by atoms with E-state index < -0.39 is 0 Å². The molecule has 0 saturated heterocycles. The van der Waals surface area contributed by atoms with E-state index >= 15 is 0 Å². The molecule has 0 unspecified atom stereocenters. The second-order valence-corrected chi connectivity index (χ2v) is 8.34. The molecule has 7 aromatic rings. The van der Waals surface area contributed by atoms with Crippen LogP contribution in [0.5, 0.6) is 0 Å². The van der Waals surface area contributed by atoms with Crippen LogP contribution >= 0.6 is 0 Å². The van der Waals surface area contributed by atoms with Crippen LogP contribution in [-0.2, 0) is 0 Å². The summed E-state index contributed by atoms with van der Waals surface area (Å²) >= 11 is 0. The molecule has 3 aromatic heterocycles. The highest BCUT2D eigenvalue weighted by Gasteiger charge is 2.16. The van der Waals surface area contributed by atoms with Crippen LogP contribution < -0.4 is 0 Å². The Morgan fingerprint density at radius 3 is 2.23 bits per heavy atom. The Labute approximate surface area is 200 Å². The lowest BCUT2D eigenvalue weighted by Crippen LogP contribution is -1.98. The van der Waals surface area contributed by atoms with Gasteiger partial charge in [-0.05, 0) is 35.7 Å². The van der Waals surface area contributed by atoms with E-state index in [0.29, 0.717) is 23.1 Å². The molecule has 35 heavy (non-hydrogen) atoms. The van der Waals surface area contributed by atoms with Gasteiger partial charge in [0, 0.05) is 16.3 Å². The first-order valence-corrected chi connectivity index (χ1v) is 11.4. The molecule has 164 valence electrons. The molecule has 0 spiro atoms. The van der Waals surface area contributed by atoms with Crippen LogP contribution in [0, 0.1) is 0 Å². The normalized spacial score (nSPS) is 11.4. The van der Waals surface area contributed by atoms with Gasteiger partial charge in [-0.15, -0.1) is 0 Å². The molecule has 0 amide bonds. The molecule has 5 heteroatoms. The molecule has 3 heterocycles. The van der Waals surface area contributed by atoms with Crippen molar-refractivity contribution in [1.82, 2.24) is 19.9 Å².